The van der Waals surface area contributed by atoms with E-state index in [1.807, 2.05) is 0 Å². The predicted octanol–water partition coefficient (Wildman–Crippen LogP) is 1.62. The van der Waals surface area contributed by atoms with Crippen molar-refractivity contribution in [2.45, 2.75) is 33.1 Å². The second kappa shape index (κ2) is 8.04. The molecule has 1 aliphatic rings. The van der Waals surface area contributed by atoms with E-state index in [4.69, 9.17) is 10.5 Å². The van der Waals surface area contributed by atoms with Crippen LogP contribution in [0.5, 0.6) is 0 Å². The van der Waals surface area contributed by atoms with E-state index in [9.17, 15) is 0 Å². The molecular weight excluding hydrogens is 200 g/mol. The highest BCUT2D eigenvalue weighted by Crippen LogP contribution is 2.14. The number of ether oxygens (including phenoxy) is 1. The summed E-state index contributed by atoms with van der Waals surface area (Å²) in [6.07, 6.45) is 3.69. The van der Waals surface area contributed by atoms with Gasteiger partial charge in [-0.1, -0.05) is 13.8 Å². The van der Waals surface area contributed by atoms with Crippen LogP contribution in [0, 0.1) is 17.8 Å². The summed E-state index contributed by atoms with van der Waals surface area (Å²) in [4.78, 5) is 0. The first-order valence-corrected chi connectivity index (χ1v) is 6.71. The highest BCUT2D eigenvalue weighted by Gasteiger charge is 2.15. The largest absolute Gasteiger partial charge is 0.381 e. The molecule has 1 fully saturated rings. The first kappa shape index (κ1) is 13.9. The smallest absolute Gasteiger partial charge is 0.0507 e. The Kier molecular flexibility index (Phi) is 7.01. The summed E-state index contributed by atoms with van der Waals surface area (Å²) in [7, 11) is 0. The molecule has 1 heterocycles. The lowest BCUT2D eigenvalue weighted by molar-refractivity contribution is 0.185. The Labute approximate surface area is 100 Å². The molecular formula is C13H28N2O. The molecule has 2 unspecified atom stereocenters. The molecule has 0 radical (unpaired) electrons. The SMILES string of the molecule is CC(C)CC(CN)CCNCC1CCOC1. The topological polar surface area (TPSA) is 47.3 Å². The molecule has 3 nitrogen and oxygen atoms in total. The monoisotopic (exact) mass is 228 g/mol. The Morgan fingerprint density at radius 3 is 2.81 bits per heavy atom. The van der Waals surface area contributed by atoms with Crippen LogP contribution in [0.2, 0.25) is 0 Å². The molecule has 0 spiro atoms. The Hall–Kier alpha value is -0.120. The molecule has 1 saturated heterocycles. The molecule has 0 saturated carbocycles. The summed E-state index contributed by atoms with van der Waals surface area (Å²) in [5.74, 6) is 2.19. The van der Waals surface area contributed by atoms with Gasteiger partial charge in [-0.05, 0) is 50.1 Å². The molecule has 16 heavy (non-hydrogen) atoms. The maximum atomic E-state index is 5.78. The summed E-state index contributed by atoms with van der Waals surface area (Å²) in [5.41, 5.74) is 5.78. The number of hydrogen-bond donors (Lipinski definition) is 2. The third-order valence-electron chi connectivity index (χ3n) is 3.32. The summed E-state index contributed by atoms with van der Waals surface area (Å²) < 4.78 is 5.35. The molecule has 2 atom stereocenters. The summed E-state index contributed by atoms with van der Waals surface area (Å²) in [5, 5.41) is 3.53. The molecule has 3 heteroatoms. The molecule has 96 valence electrons. The lowest BCUT2D eigenvalue weighted by Crippen LogP contribution is -2.27. The van der Waals surface area contributed by atoms with Crippen LogP contribution in [0.4, 0.5) is 0 Å². The first-order valence-electron chi connectivity index (χ1n) is 6.71. The van der Waals surface area contributed by atoms with Crippen LogP contribution in [0.15, 0.2) is 0 Å². The molecule has 0 bridgehead atoms. The van der Waals surface area contributed by atoms with Crippen LogP contribution >= 0.6 is 0 Å². The molecule has 0 aliphatic carbocycles. The highest BCUT2D eigenvalue weighted by molar-refractivity contribution is 4.68. The van der Waals surface area contributed by atoms with Gasteiger partial charge in [0.15, 0.2) is 0 Å². The average Bonchev–Trinajstić information content (AvgIpc) is 2.74. The van der Waals surface area contributed by atoms with Crippen molar-refractivity contribution in [1.82, 2.24) is 5.32 Å². The second-order valence-corrected chi connectivity index (χ2v) is 5.45. The van der Waals surface area contributed by atoms with Crippen LogP contribution < -0.4 is 11.1 Å². The van der Waals surface area contributed by atoms with E-state index in [-0.39, 0.29) is 0 Å². The fourth-order valence-electron chi connectivity index (χ4n) is 2.36. The summed E-state index contributed by atoms with van der Waals surface area (Å²) >= 11 is 0. The summed E-state index contributed by atoms with van der Waals surface area (Å²) in [6, 6.07) is 0. The third-order valence-corrected chi connectivity index (χ3v) is 3.32. The van der Waals surface area contributed by atoms with E-state index in [1.54, 1.807) is 0 Å². The van der Waals surface area contributed by atoms with Crippen LogP contribution in [-0.4, -0.2) is 32.8 Å². The maximum Gasteiger partial charge on any atom is 0.0507 e. The van der Waals surface area contributed by atoms with Crippen molar-refractivity contribution in [2.24, 2.45) is 23.5 Å². The minimum atomic E-state index is 0.687. The van der Waals surface area contributed by atoms with E-state index in [2.05, 4.69) is 19.2 Å². The van der Waals surface area contributed by atoms with Crippen molar-refractivity contribution in [3.8, 4) is 0 Å². The molecule has 0 amide bonds. The van der Waals surface area contributed by atoms with Crippen molar-refractivity contribution in [3.63, 3.8) is 0 Å². The Morgan fingerprint density at radius 2 is 2.25 bits per heavy atom. The maximum absolute atomic E-state index is 5.78. The van der Waals surface area contributed by atoms with Gasteiger partial charge in [0.05, 0.1) is 6.61 Å². The van der Waals surface area contributed by atoms with Crippen molar-refractivity contribution < 1.29 is 4.74 Å². The van der Waals surface area contributed by atoms with Gasteiger partial charge < -0.3 is 15.8 Å². The summed E-state index contributed by atoms with van der Waals surface area (Å²) in [6.45, 7) is 9.47. The van der Waals surface area contributed by atoms with E-state index in [1.165, 1.54) is 19.3 Å². The van der Waals surface area contributed by atoms with Crippen molar-refractivity contribution >= 4 is 0 Å². The minimum Gasteiger partial charge on any atom is -0.381 e. The van der Waals surface area contributed by atoms with Crippen molar-refractivity contribution in [1.29, 1.82) is 0 Å². The lowest BCUT2D eigenvalue weighted by Gasteiger charge is -2.17. The zero-order chi connectivity index (χ0) is 11.8. The van der Waals surface area contributed by atoms with Gasteiger partial charge in [-0.15, -0.1) is 0 Å². The lowest BCUT2D eigenvalue weighted by atomic mass is 9.94. The molecule has 1 aliphatic heterocycles. The van der Waals surface area contributed by atoms with E-state index in [0.717, 1.165) is 44.7 Å². The van der Waals surface area contributed by atoms with E-state index < -0.39 is 0 Å². The van der Waals surface area contributed by atoms with Crippen molar-refractivity contribution in [2.75, 3.05) is 32.8 Å². The first-order chi connectivity index (χ1) is 7.72. The van der Waals surface area contributed by atoms with Crippen LogP contribution in [0.1, 0.15) is 33.1 Å². The van der Waals surface area contributed by atoms with Gasteiger partial charge in [0.2, 0.25) is 0 Å². The van der Waals surface area contributed by atoms with Crippen LogP contribution in [0.25, 0.3) is 0 Å². The van der Waals surface area contributed by atoms with E-state index in [0.29, 0.717) is 5.92 Å². The third kappa shape index (κ3) is 5.83. The number of rotatable bonds is 8. The zero-order valence-corrected chi connectivity index (χ0v) is 10.9. The molecule has 1 rings (SSSR count). The number of nitrogens with two attached hydrogens (primary N) is 1. The fraction of sp³-hybridized carbons (Fsp3) is 1.00. The van der Waals surface area contributed by atoms with Crippen LogP contribution in [0.3, 0.4) is 0 Å². The molecule has 0 aromatic rings. The van der Waals surface area contributed by atoms with Gasteiger partial charge in [-0.3, -0.25) is 0 Å². The van der Waals surface area contributed by atoms with Gasteiger partial charge >= 0.3 is 0 Å². The molecule has 0 aromatic carbocycles. The van der Waals surface area contributed by atoms with Crippen molar-refractivity contribution in [3.05, 3.63) is 0 Å². The normalized spacial score (nSPS) is 22.9. The number of nitrogens with one attached hydrogen (secondary N) is 1. The predicted molar refractivity (Wildman–Crippen MR) is 68.4 cm³/mol. The standard InChI is InChI=1S/C13H28N2O/c1-11(2)7-12(8-14)3-5-15-9-13-4-6-16-10-13/h11-13,15H,3-10,14H2,1-2H3. The van der Waals surface area contributed by atoms with Gasteiger partial charge in [-0.25, -0.2) is 0 Å². The Balaban J connectivity index is 1.99. The quantitative estimate of drug-likeness (QED) is 0.621. The van der Waals surface area contributed by atoms with E-state index >= 15 is 0 Å². The Morgan fingerprint density at radius 1 is 1.44 bits per heavy atom. The van der Waals surface area contributed by atoms with Gasteiger partial charge in [-0.2, -0.15) is 0 Å². The fourth-order valence-corrected chi connectivity index (χ4v) is 2.36. The van der Waals surface area contributed by atoms with Crippen LogP contribution in [-0.2, 0) is 4.74 Å². The van der Waals surface area contributed by atoms with Gasteiger partial charge in [0.25, 0.3) is 0 Å². The van der Waals surface area contributed by atoms with Gasteiger partial charge in [0, 0.05) is 13.2 Å². The second-order valence-electron chi connectivity index (χ2n) is 5.45. The zero-order valence-electron chi connectivity index (χ0n) is 10.9. The molecule has 0 aromatic heterocycles. The number of hydrogen-bond acceptors (Lipinski definition) is 3. The Bertz CT molecular complexity index is 167. The minimum absolute atomic E-state index is 0.687. The average molecular weight is 228 g/mol. The van der Waals surface area contributed by atoms with Gasteiger partial charge in [0.1, 0.15) is 0 Å². The molecule has 3 N–H and O–H groups in total. The highest BCUT2D eigenvalue weighted by atomic mass is 16.5.